The van der Waals surface area contributed by atoms with Gasteiger partial charge in [0.25, 0.3) is 6.71 Å². The third-order valence-electron chi connectivity index (χ3n) is 21.1. The summed E-state index contributed by atoms with van der Waals surface area (Å²) in [6.07, 6.45) is 9.51. The van der Waals surface area contributed by atoms with Gasteiger partial charge in [-0.05, 0) is 183 Å². The Morgan fingerprint density at radius 2 is 1.01 bits per heavy atom. The van der Waals surface area contributed by atoms with Crippen LogP contribution in [0, 0.1) is 0 Å². The van der Waals surface area contributed by atoms with Crippen LogP contribution in [-0.2, 0) is 27.1 Å². The second-order valence-corrected chi connectivity index (χ2v) is 27.3. The van der Waals surface area contributed by atoms with Crippen molar-refractivity contribution in [2.24, 2.45) is 0 Å². The number of anilines is 8. The first kappa shape index (κ1) is 47.3. The van der Waals surface area contributed by atoms with Crippen LogP contribution in [0.1, 0.15) is 148 Å². The van der Waals surface area contributed by atoms with E-state index in [9.17, 15) is 0 Å². The van der Waals surface area contributed by atoms with E-state index in [0.717, 1.165) is 52.6 Å². The molecule has 15 rings (SSSR count). The molecule has 2 unspecified atom stereocenters. The molecule has 0 amide bonds. The zero-order chi connectivity index (χ0) is 52.8. The Kier molecular flexibility index (Phi) is 9.72. The van der Waals surface area contributed by atoms with E-state index in [0.29, 0.717) is 0 Å². The molecule has 9 aromatic rings. The summed E-state index contributed by atoms with van der Waals surface area (Å²) >= 11 is 0. The van der Waals surface area contributed by atoms with E-state index < -0.39 is 0 Å². The molecule has 1 saturated carbocycles. The summed E-state index contributed by atoms with van der Waals surface area (Å²) in [5.41, 5.74) is 25.8. The fourth-order valence-electron chi connectivity index (χ4n) is 16.2. The van der Waals surface area contributed by atoms with E-state index >= 15 is 0 Å². The lowest BCUT2D eigenvalue weighted by atomic mass is 9.33. The highest BCUT2D eigenvalue weighted by atomic mass is 16.3. The van der Waals surface area contributed by atoms with E-state index in [1.54, 1.807) is 0 Å². The van der Waals surface area contributed by atoms with E-state index in [1.807, 2.05) is 0 Å². The summed E-state index contributed by atoms with van der Waals surface area (Å²) in [6, 6.07) is 61.4. The first-order chi connectivity index (χ1) is 36.9. The molecule has 0 N–H and O–H groups in total. The predicted molar refractivity (Wildman–Crippen MR) is 327 cm³/mol. The van der Waals surface area contributed by atoms with Crippen LogP contribution in [-0.4, -0.2) is 12.3 Å². The zero-order valence-corrected chi connectivity index (χ0v) is 47.0. The van der Waals surface area contributed by atoms with Crippen molar-refractivity contribution in [3.8, 4) is 11.1 Å². The quantitative estimate of drug-likeness (QED) is 0.160. The standard InChI is InChI=1S/C72H72BN3O/c1-67(2)36-38-69(5,6)55-42-47(28-31-52(55)67)74(48-29-32-53-56(43-48)70(7,8)39-37-68(53,3)4)49-30-33-57-60(44-49)75(59-26-18-23-51-50-22-14-15-27-63(50)77-66(51)59)61-40-46(45-20-12-11-13-21-45)41-62-64(61)73(57)58-25-19-24-54-65(58)76(62)72(10)35-17-16-34-71(54,72)9/h11-15,18-33,40-44H,16-17,34-39H2,1-10H3. The molecule has 6 aliphatic rings. The molecule has 4 heterocycles. The highest BCUT2D eigenvalue weighted by Gasteiger charge is 2.61. The lowest BCUT2D eigenvalue weighted by Crippen LogP contribution is -2.64. The number of hydrogen-bond acceptors (Lipinski definition) is 4. The molecule has 384 valence electrons. The average molecular weight is 1010 g/mol. The smallest absolute Gasteiger partial charge is 0.252 e. The molecular formula is C72H72BN3O. The minimum atomic E-state index is -0.0940. The highest BCUT2D eigenvalue weighted by Crippen LogP contribution is 2.62. The number of furan rings is 1. The molecule has 3 aliphatic heterocycles. The maximum absolute atomic E-state index is 7.12. The van der Waals surface area contributed by atoms with Gasteiger partial charge in [0, 0.05) is 56.0 Å². The third-order valence-corrected chi connectivity index (χ3v) is 21.1. The SMILES string of the molecule is CC1(C)CCC(C)(C)c2cc(N(c3ccc4c(c3)N(c3cccc5c3oc3ccccc35)c3cc(-c5ccccc5)cc5c3B4c3cccc4c3N5C3(C)CCCCC43C)c3ccc4c(c3)C(C)(C)CCC4(C)C)ccc21. The number of hydrogen-bond donors (Lipinski definition) is 0. The molecule has 8 aromatic carbocycles. The van der Waals surface area contributed by atoms with Crippen molar-refractivity contribution in [2.45, 2.75) is 153 Å². The van der Waals surface area contributed by atoms with Crippen molar-refractivity contribution in [1.29, 1.82) is 0 Å². The summed E-state index contributed by atoms with van der Waals surface area (Å²) in [6.45, 7) is 24.8. The van der Waals surface area contributed by atoms with Gasteiger partial charge in [0.15, 0.2) is 5.58 Å². The van der Waals surface area contributed by atoms with Crippen LogP contribution < -0.4 is 31.1 Å². The van der Waals surface area contributed by atoms with Gasteiger partial charge in [-0.2, -0.15) is 0 Å². The van der Waals surface area contributed by atoms with Crippen molar-refractivity contribution >= 4 is 90.5 Å². The normalized spacial score (nSPS) is 22.4. The molecule has 3 aliphatic carbocycles. The van der Waals surface area contributed by atoms with Crippen molar-refractivity contribution in [3.63, 3.8) is 0 Å². The van der Waals surface area contributed by atoms with Gasteiger partial charge in [-0.1, -0.05) is 172 Å². The number of rotatable bonds is 5. The summed E-state index contributed by atoms with van der Waals surface area (Å²) in [4.78, 5) is 8.08. The van der Waals surface area contributed by atoms with E-state index in [1.165, 1.54) is 122 Å². The number of benzene rings is 8. The van der Waals surface area contributed by atoms with E-state index in [4.69, 9.17) is 4.42 Å². The molecule has 2 atom stereocenters. The highest BCUT2D eigenvalue weighted by molar-refractivity contribution is 7.00. The van der Waals surface area contributed by atoms with E-state index in [-0.39, 0.29) is 39.3 Å². The van der Waals surface area contributed by atoms with Gasteiger partial charge in [0.1, 0.15) is 5.58 Å². The fraction of sp³-hybridized carbons (Fsp3) is 0.333. The van der Waals surface area contributed by atoms with Crippen molar-refractivity contribution in [1.82, 2.24) is 0 Å². The van der Waals surface area contributed by atoms with Gasteiger partial charge in [0.05, 0.1) is 11.2 Å². The van der Waals surface area contributed by atoms with Crippen LogP contribution in [0.2, 0.25) is 0 Å². The molecule has 1 fully saturated rings. The van der Waals surface area contributed by atoms with Crippen LogP contribution in [0.25, 0.3) is 33.1 Å². The first-order valence-electron chi connectivity index (χ1n) is 29.0. The lowest BCUT2D eigenvalue weighted by molar-refractivity contribution is 0.195. The maximum Gasteiger partial charge on any atom is 0.252 e. The predicted octanol–water partition coefficient (Wildman–Crippen LogP) is 17.8. The second-order valence-electron chi connectivity index (χ2n) is 27.3. The number of nitrogens with zero attached hydrogens (tertiary/aromatic N) is 3. The summed E-state index contributed by atoms with van der Waals surface area (Å²) in [7, 11) is 0. The Morgan fingerprint density at radius 1 is 0.429 bits per heavy atom. The van der Waals surface area contributed by atoms with Gasteiger partial charge in [-0.25, -0.2) is 0 Å². The summed E-state index contributed by atoms with van der Waals surface area (Å²) < 4.78 is 7.12. The molecule has 0 saturated heterocycles. The largest absolute Gasteiger partial charge is 0.454 e. The Bertz CT molecular complexity index is 3890. The molecule has 0 radical (unpaired) electrons. The molecule has 0 bridgehead atoms. The van der Waals surface area contributed by atoms with Crippen LogP contribution >= 0.6 is 0 Å². The van der Waals surface area contributed by atoms with Crippen LogP contribution in [0.3, 0.4) is 0 Å². The van der Waals surface area contributed by atoms with Crippen LogP contribution in [0.4, 0.5) is 45.5 Å². The topological polar surface area (TPSA) is 22.9 Å². The Labute approximate surface area is 457 Å². The molecule has 5 heteroatoms. The third kappa shape index (κ3) is 6.46. The molecule has 4 nitrogen and oxygen atoms in total. The Morgan fingerprint density at radius 3 is 1.71 bits per heavy atom. The van der Waals surface area contributed by atoms with Crippen molar-refractivity contribution in [3.05, 3.63) is 186 Å². The number of para-hydroxylation sites is 3. The van der Waals surface area contributed by atoms with Gasteiger partial charge in [-0.15, -0.1) is 0 Å². The maximum atomic E-state index is 7.12. The van der Waals surface area contributed by atoms with E-state index in [2.05, 4.69) is 242 Å². The molecule has 1 aromatic heterocycles. The van der Waals surface area contributed by atoms with Gasteiger partial charge < -0.3 is 19.1 Å². The zero-order valence-electron chi connectivity index (χ0n) is 47.0. The molecular weight excluding hydrogens is 934 g/mol. The van der Waals surface area contributed by atoms with Crippen LogP contribution in [0.15, 0.2) is 162 Å². The monoisotopic (exact) mass is 1010 g/mol. The van der Waals surface area contributed by atoms with Crippen molar-refractivity contribution in [2.75, 3.05) is 14.7 Å². The molecule has 77 heavy (non-hydrogen) atoms. The number of fused-ring (bicyclic) bond motifs is 12. The average Bonchev–Trinajstić information content (AvgIpc) is 4.17. The Hall–Kier alpha value is -6.98. The lowest BCUT2D eigenvalue weighted by Gasteiger charge is -2.53. The minimum absolute atomic E-state index is 0.00375. The minimum Gasteiger partial charge on any atom is -0.454 e. The van der Waals surface area contributed by atoms with Crippen LogP contribution in [0.5, 0.6) is 0 Å². The van der Waals surface area contributed by atoms with Gasteiger partial charge in [0.2, 0.25) is 0 Å². The summed E-state index contributed by atoms with van der Waals surface area (Å²) in [5, 5.41) is 2.27. The molecule has 0 spiro atoms. The first-order valence-corrected chi connectivity index (χ1v) is 29.0. The van der Waals surface area contributed by atoms with Crippen molar-refractivity contribution < 1.29 is 4.42 Å². The fourth-order valence-corrected chi connectivity index (χ4v) is 16.2. The summed E-state index contributed by atoms with van der Waals surface area (Å²) in [5.74, 6) is 0. The van der Waals surface area contributed by atoms with Gasteiger partial charge >= 0.3 is 0 Å². The van der Waals surface area contributed by atoms with Gasteiger partial charge in [-0.3, -0.25) is 0 Å². The second kappa shape index (κ2) is 15.8. The Balaban J connectivity index is 1.05.